The molecule has 4 N–H and O–H groups in total. The molecule has 302 valence electrons. The zero-order valence-corrected chi connectivity index (χ0v) is 32.1. The number of aliphatic hydroxyl groups is 1. The van der Waals surface area contributed by atoms with E-state index in [-0.39, 0.29) is 85.5 Å². The third kappa shape index (κ3) is 14.8. The molecule has 1 saturated heterocycles. The van der Waals surface area contributed by atoms with Crippen LogP contribution >= 0.6 is 0 Å². The predicted molar refractivity (Wildman–Crippen MR) is 202 cm³/mol. The summed E-state index contributed by atoms with van der Waals surface area (Å²) in [5.41, 5.74) is 7.65. The Morgan fingerprint density at radius 1 is 0.964 bits per heavy atom. The summed E-state index contributed by atoms with van der Waals surface area (Å²) < 4.78 is 12.7. The van der Waals surface area contributed by atoms with Gasteiger partial charge in [0.25, 0.3) is 0 Å². The molecule has 1 aromatic carbocycles. The molecule has 1 aromatic heterocycles. The monoisotopic (exact) mass is 766 g/mol. The van der Waals surface area contributed by atoms with Crippen LogP contribution in [0.2, 0.25) is 0 Å². The molecule has 2 unspecified atom stereocenters. The fourth-order valence-corrected chi connectivity index (χ4v) is 7.10. The number of aliphatic hydroxyl groups excluding tert-OH is 1. The number of nitrogens with one attached hydrogen (secondary N) is 1. The topological polar surface area (TPSA) is 213 Å². The highest BCUT2D eigenvalue weighted by Gasteiger charge is 2.37. The van der Waals surface area contributed by atoms with Crippen molar-refractivity contribution >= 4 is 40.8 Å². The summed E-state index contributed by atoms with van der Waals surface area (Å²) in [5.74, 6) is -1.14. The van der Waals surface area contributed by atoms with Crippen molar-refractivity contribution in [1.82, 2.24) is 19.9 Å². The number of Topliss-reactive ketones (excluding diaryl/α,β-unsaturated/α-hetero) is 3. The number of anilines is 1. The van der Waals surface area contributed by atoms with Crippen molar-refractivity contribution in [3.05, 3.63) is 41.7 Å². The molecule has 1 aliphatic heterocycles. The van der Waals surface area contributed by atoms with Gasteiger partial charge in [0.2, 0.25) is 17.7 Å². The summed E-state index contributed by atoms with van der Waals surface area (Å²) in [6.45, 7) is 3.45. The van der Waals surface area contributed by atoms with Crippen LogP contribution in [0.15, 0.2) is 30.5 Å². The Balaban J connectivity index is 1.02. The summed E-state index contributed by atoms with van der Waals surface area (Å²) in [6.07, 6.45) is 8.93. The summed E-state index contributed by atoms with van der Waals surface area (Å²) >= 11 is 0. The number of ether oxygens (including phenoxy) is 2. The first-order chi connectivity index (χ1) is 26.6. The van der Waals surface area contributed by atoms with Gasteiger partial charge >= 0.3 is 0 Å². The molecule has 2 fully saturated rings. The van der Waals surface area contributed by atoms with E-state index in [1.165, 1.54) is 4.90 Å². The number of rotatable bonds is 26. The largest absolute Gasteiger partial charge is 0.392 e. The Morgan fingerprint density at radius 2 is 1.71 bits per heavy atom. The SMILES string of the molecule is CC1CC(=O)N(CC2CCC(C(=O)CCc3cn(CCOCCCC(=O)COCC(=O)CC(CCCCN)C(=O)Nc4ccc(CO)cc4)nn3)CC2)C1=O. The summed E-state index contributed by atoms with van der Waals surface area (Å²) in [6, 6.07) is 6.83. The molecule has 15 heteroatoms. The van der Waals surface area contributed by atoms with Crippen LogP contribution in [0.4, 0.5) is 5.69 Å². The van der Waals surface area contributed by atoms with E-state index < -0.39 is 5.92 Å². The number of aromatic nitrogens is 3. The first-order valence-electron chi connectivity index (χ1n) is 19.7. The second kappa shape index (κ2) is 23.0. The van der Waals surface area contributed by atoms with E-state index >= 15 is 0 Å². The Morgan fingerprint density at radius 3 is 2.40 bits per heavy atom. The van der Waals surface area contributed by atoms with E-state index in [2.05, 4.69) is 15.6 Å². The quantitative estimate of drug-likeness (QED) is 0.0931. The lowest BCUT2D eigenvalue weighted by Crippen LogP contribution is -2.36. The number of hydrogen-bond acceptors (Lipinski definition) is 12. The second-order valence-corrected chi connectivity index (χ2v) is 14.9. The maximum atomic E-state index is 12.9. The lowest BCUT2D eigenvalue weighted by molar-refractivity contribution is -0.140. The van der Waals surface area contributed by atoms with Gasteiger partial charge in [-0.2, -0.15) is 0 Å². The van der Waals surface area contributed by atoms with Gasteiger partial charge in [-0.25, -0.2) is 4.68 Å². The first kappa shape index (κ1) is 43.5. The fourth-order valence-electron chi connectivity index (χ4n) is 7.10. The summed E-state index contributed by atoms with van der Waals surface area (Å²) in [5, 5.41) is 20.4. The number of benzene rings is 1. The van der Waals surface area contributed by atoms with Gasteiger partial charge in [0.15, 0.2) is 11.6 Å². The maximum absolute atomic E-state index is 12.9. The van der Waals surface area contributed by atoms with Crippen LogP contribution in [0.5, 0.6) is 0 Å². The van der Waals surface area contributed by atoms with Crippen molar-refractivity contribution in [3.63, 3.8) is 0 Å². The highest BCUT2D eigenvalue weighted by atomic mass is 16.5. The van der Waals surface area contributed by atoms with E-state index in [1.807, 2.05) is 6.20 Å². The third-order valence-corrected chi connectivity index (χ3v) is 10.4. The number of hydrogen-bond donors (Lipinski definition) is 3. The van der Waals surface area contributed by atoms with Crippen molar-refractivity contribution in [2.24, 2.45) is 29.4 Å². The van der Waals surface area contributed by atoms with Crippen LogP contribution in [-0.2, 0) is 57.8 Å². The highest BCUT2D eigenvalue weighted by molar-refractivity contribution is 6.03. The summed E-state index contributed by atoms with van der Waals surface area (Å²) in [7, 11) is 0. The van der Waals surface area contributed by atoms with E-state index in [4.69, 9.17) is 15.2 Å². The molecule has 0 radical (unpaired) electrons. The zero-order valence-electron chi connectivity index (χ0n) is 32.1. The molecule has 3 amide bonds. The Hall–Kier alpha value is -4.18. The average molecular weight is 767 g/mol. The number of nitrogens with zero attached hydrogens (tertiary/aromatic N) is 4. The lowest BCUT2D eigenvalue weighted by Gasteiger charge is -2.30. The molecule has 2 heterocycles. The number of likely N-dealkylation sites (tertiary alicyclic amines) is 1. The van der Waals surface area contributed by atoms with Crippen molar-refractivity contribution in [1.29, 1.82) is 0 Å². The third-order valence-electron chi connectivity index (χ3n) is 10.4. The van der Waals surface area contributed by atoms with Gasteiger partial charge in [0.1, 0.15) is 19.0 Å². The number of ketones is 3. The summed E-state index contributed by atoms with van der Waals surface area (Å²) in [4.78, 5) is 76.5. The highest BCUT2D eigenvalue weighted by Crippen LogP contribution is 2.32. The number of nitrogens with two attached hydrogens (primary N) is 1. The van der Waals surface area contributed by atoms with Crippen molar-refractivity contribution in [2.45, 2.75) is 104 Å². The van der Waals surface area contributed by atoms with Crippen molar-refractivity contribution in [3.8, 4) is 0 Å². The molecule has 0 bridgehead atoms. The number of carbonyl (C=O) groups is 6. The number of imide groups is 1. The zero-order chi connectivity index (χ0) is 39.6. The molecule has 55 heavy (non-hydrogen) atoms. The second-order valence-electron chi connectivity index (χ2n) is 14.9. The number of aryl methyl sites for hydroxylation is 1. The minimum atomic E-state index is -0.553. The standard InChI is InChI=1S/C40H58N6O9/c1-28-21-38(51)46(40(28)53)23-29-7-11-31(12-8-29)37(50)16-15-34-24-45(44-43-34)18-20-54-19-4-6-35(48)26-55-27-36(49)22-32(5-2-3-17-41)39(52)42-33-13-9-30(25-47)10-14-33/h9-10,13-14,24,28-29,31-32,47H,2-8,11-12,15-23,25-27,41H2,1H3,(H,42,52). The Labute approximate surface area is 323 Å². The van der Waals surface area contributed by atoms with Crippen LogP contribution in [0.25, 0.3) is 0 Å². The molecule has 15 nitrogen and oxygen atoms in total. The molecule has 0 spiro atoms. The van der Waals surface area contributed by atoms with Crippen molar-refractivity contribution < 1.29 is 43.3 Å². The molecular formula is C40H58N6O9. The van der Waals surface area contributed by atoms with Crippen LogP contribution in [-0.4, -0.2) is 99.6 Å². The van der Waals surface area contributed by atoms with Crippen LogP contribution in [0, 0.1) is 23.7 Å². The number of unbranched alkanes of at least 4 members (excludes halogenated alkanes) is 1. The van der Waals surface area contributed by atoms with Gasteiger partial charge in [0, 0.05) is 74.9 Å². The average Bonchev–Trinajstić information content (AvgIpc) is 3.73. The number of carbonyl (C=O) groups excluding carboxylic acids is 6. The Kier molecular flexibility index (Phi) is 18.2. The van der Waals surface area contributed by atoms with E-state index in [1.54, 1.807) is 35.9 Å². The first-order valence-corrected chi connectivity index (χ1v) is 19.7. The van der Waals surface area contributed by atoms with E-state index in [9.17, 15) is 33.9 Å². The molecule has 2 aliphatic rings. The van der Waals surface area contributed by atoms with Crippen LogP contribution in [0.1, 0.15) is 95.2 Å². The van der Waals surface area contributed by atoms with Gasteiger partial charge in [0.05, 0.1) is 25.5 Å². The maximum Gasteiger partial charge on any atom is 0.232 e. The van der Waals surface area contributed by atoms with Crippen LogP contribution < -0.4 is 11.1 Å². The van der Waals surface area contributed by atoms with Gasteiger partial charge in [-0.15, -0.1) is 5.10 Å². The van der Waals surface area contributed by atoms with Gasteiger partial charge in [-0.1, -0.05) is 30.7 Å². The molecule has 1 aliphatic carbocycles. The minimum absolute atomic E-state index is 0.00267. The fraction of sp³-hybridized carbons (Fsp3) is 0.650. The van der Waals surface area contributed by atoms with Gasteiger partial charge < -0.3 is 25.6 Å². The Bertz CT molecular complexity index is 1570. The van der Waals surface area contributed by atoms with E-state index in [0.717, 1.165) is 43.4 Å². The van der Waals surface area contributed by atoms with Crippen molar-refractivity contribution in [2.75, 3.05) is 44.8 Å². The van der Waals surface area contributed by atoms with Gasteiger partial charge in [-0.3, -0.25) is 33.7 Å². The van der Waals surface area contributed by atoms with Crippen LogP contribution in [0.3, 0.4) is 0 Å². The predicted octanol–water partition coefficient (Wildman–Crippen LogP) is 3.20. The number of amides is 3. The lowest BCUT2D eigenvalue weighted by atomic mass is 9.79. The normalized spacial score (nSPS) is 19.1. The molecule has 2 atom stereocenters. The molecular weight excluding hydrogens is 708 g/mol. The molecule has 4 rings (SSSR count). The smallest absolute Gasteiger partial charge is 0.232 e. The molecule has 1 saturated carbocycles. The van der Waals surface area contributed by atoms with E-state index in [0.29, 0.717) is 77.1 Å². The van der Waals surface area contributed by atoms with Gasteiger partial charge in [-0.05, 0) is 75.1 Å². The molecule has 2 aromatic rings. The minimum Gasteiger partial charge on any atom is -0.392 e.